The van der Waals surface area contributed by atoms with Crippen molar-refractivity contribution in [1.82, 2.24) is 5.32 Å². The maximum atomic E-state index is 11.2. The Morgan fingerprint density at radius 2 is 1.92 bits per heavy atom. The third-order valence-electron chi connectivity index (χ3n) is 1.42. The van der Waals surface area contributed by atoms with Gasteiger partial charge in [0.05, 0.1) is 0 Å². The van der Waals surface area contributed by atoms with Crippen molar-refractivity contribution in [2.45, 2.75) is 52.0 Å². The lowest BCUT2D eigenvalue weighted by Gasteiger charge is -2.20. The van der Waals surface area contributed by atoms with E-state index in [0.29, 0.717) is 6.42 Å². The van der Waals surface area contributed by atoms with Gasteiger partial charge in [-0.25, -0.2) is 0 Å². The van der Waals surface area contributed by atoms with E-state index in [-0.39, 0.29) is 11.4 Å². The van der Waals surface area contributed by atoms with Gasteiger partial charge in [-0.1, -0.05) is 19.8 Å². The zero-order valence-corrected chi connectivity index (χ0v) is 8.44. The third kappa shape index (κ3) is 7.58. The average Bonchev–Trinajstić information content (AvgIpc) is 1.84. The van der Waals surface area contributed by atoms with Crippen molar-refractivity contribution < 1.29 is 4.79 Å². The molecule has 0 atom stereocenters. The van der Waals surface area contributed by atoms with Gasteiger partial charge in [-0.3, -0.25) is 4.79 Å². The molecule has 0 saturated heterocycles. The van der Waals surface area contributed by atoms with Crippen LogP contribution in [-0.2, 0) is 4.79 Å². The summed E-state index contributed by atoms with van der Waals surface area (Å²) < 4.78 is 0. The van der Waals surface area contributed by atoms with Crippen LogP contribution in [-0.4, -0.2) is 11.4 Å². The van der Waals surface area contributed by atoms with Crippen LogP contribution in [0.25, 0.3) is 0 Å². The van der Waals surface area contributed by atoms with Crippen LogP contribution in [0.2, 0.25) is 0 Å². The second kappa shape index (κ2) is 5.18. The molecule has 0 aliphatic heterocycles. The van der Waals surface area contributed by atoms with Gasteiger partial charge in [0.1, 0.15) is 0 Å². The highest BCUT2D eigenvalue weighted by Gasteiger charge is 2.12. The first kappa shape index (κ1) is 11.5. The van der Waals surface area contributed by atoms with Crippen LogP contribution in [0.5, 0.6) is 0 Å². The Kier molecular flexibility index (Phi) is 4.95. The Morgan fingerprint density at radius 3 is 2.33 bits per heavy atom. The van der Waals surface area contributed by atoms with Gasteiger partial charge in [-0.2, -0.15) is 0 Å². The maximum absolute atomic E-state index is 11.2. The van der Waals surface area contributed by atoms with E-state index in [4.69, 9.17) is 0 Å². The molecule has 2 heteroatoms. The molecule has 0 aliphatic rings. The first-order valence-electron chi connectivity index (χ1n) is 4.56. The summed E-state index contributed by atoms with van der Waals surface area (Å²) >= 11 is 0. The molecule has 1 amide bonds. The predicted octanol–water partition coefficient (Wildman–Crippen LogP) is 2.30. The van der Waals surface area contributed by atoms with Crippen molar-refractivity contribution in [3.05, 3.63) is 6.92 Å². The van der Waals surface area contributed by atoms with Crippen LogP contribution >= 0.6 is 0 Å². The number of hydrogen-bond donors (Lipinski definition) is 1. The smallest absolute Gasteiger partial charge is 0.220 e. The van der Waals surface area contributed by atoms with Gasteiger partial charge in [-0.05, 0) is 27.2 Å². The molecule has 0 spiro atoms. The van der Waals surface area contributed by atoms with Gasteiger partial charge >= 0.3 is 0 Å². The first-order valence-corrected chi connectivity index (χ1v) is 4.56. The number of carbonyl (C=O) groups excluding carboxylic acids is 1. The summed E-state index contributed by atoms with van der Waals surface area (Å²) in [4.78, 5) is 11.2. The molecule has 1 N–H and O–H groups in total. The minimum atomic E-state index is -0.0957. The SMILES string of the molecule is [CH2]CCCCC(=O)NC(C)(C)C. The topological polar surface area (TPSA) is 29.1 Å². The Labute approximate surface area is 75.7 Å². The molecule has 12 heavy (non-hydrogen) atoms. The van der Waals surface area contributed by atoms with E-state index in [1.807, 2.05) is 20.8 Å². The van der Waals surface area contributed by atoms with Gasteiger partial charge in [0, 0.05) is 12.0 Å². The van der Waals surface area contributed by atoms with Crippen molar-refractivity contribution in [1.29, 1.82) is 0 Å². The van der Waals surface area contributed by atoms with E-state index < -0.39 is 0 Å². The Bertz CT molecular complexity index is 135. The zero-order valence-electron chi connectivity index (χ0n) is 8.44. The fourth-order valence-electron chi connectivity index (χ4n) is 0.943. The van der Waals surface area contributed by atoms with E-state index >= 15 is 0 Å². The maximum Gasteiger partial charge on any atom is 0.220 e. The molecular weight excluding hydrogens is 150 g/mol. The van der Waals surface area contributed by atoms with Crippen LogP contribution < -0.4 is 5.32 Å². The van der Waals surface area contributed by atoms with Crippen molar-refractivity contribution >= 4 is 5.91 Å². The number of hydrogen-bond acceptors (Lipinski definition) is 1. The molecule has 0 bridgehead atoms. The summed E-state index contributed by atoms with van der Waals surface area (Å²) in [6.07, 6.45) is 3.54. The zero-order chi connectivity index (χ0) is 9.61. The van der Waals surface area contributed by atoms with Gasteiger partial charge < -0.3 is 5.32 Å². The standard InChI is InChI=1S/C10H20NO/c1-5-6-7-8-9(12)11-10(2,3)4/h1,5-8H2,2-4H3,(H,11,12). The normalized spacial score (nSPS) is 11.3. The van der Waals surface area contributed by atoms with E-state index in [1.165, 1.54) is 0 Å². The Hall–Kier alpha value is -0.530. The minimum absolute atomic E-state index is 0.0957. The number of nitrogens with one attached hydrogen (secondary N) is 1. The molecule has 71 valence electrons. The molecule has 0 heterocycles. The lowest BCUT2D eigenvalue weighted by Crippen LogP contribution is -2.40. The predicted molar refractivity (Wildman–Crippen MR) is 51.7 cm³/mol. The summed E-state index contributed by atoms with van der Waals surface area (Å²) in [6.45, 7) is 9.70. The van der Waals surface area contributed by atoms with Crippen LogP contribution in [0.15, 0.2) is 0 Å². The fraction of sp³-hybridized carbons (Fsp3) is 0.800. The van der Waals surface area contributed by atoms with Gasteiger partial charge in [-0.15, -0.1) is 0 Å². The Morgan fingerprint density at radius 1 is 1.33 bits per heavy atom. The number of unbranched alkanes of at least 4 members (excludes halogenated alkanes) is 2. The van der Waals surface area contributed by atoms with Crippen LogP contribution in [0, 0.1) is 6.92 Å². The average molecular weight is 170 g/mol. The molecule has 0 aromatic heterocycles. The van der Waals surface area contributed by atoms with Crippen molar-refractivity contribution in [3.8, 4) is 0 Å². The summed E-state index contributed by atoms with van der Waals surface area (Å²) in [5.74, 6) is 0.149. The number of rotatable bonds is 4. The van der Waals surface area contributed by atoms with Crippen molar-refractivity contribution in [2.24, 2.45) is 0 Å². The molecule has 0 fully saturated rings. The summed E-state index contributed by atoms with van der Waals surface area (Å²) in [5.41, 5.74) is -0.0957. The largest absolute Gasteiger partial charge is 0.352 e. The highest BCUT2D eigenvalue weighted by molar-refractivity contribution is 5.76. The highest BCUT2D eigenvalue weighted by Crippen LogP contribution is 2.02. The minimum Gasteiger partial charge on any atom is -0.352 e. The van der Waals surface area contributed by atoms with E-state index in [0.717, 1.165) is 19.3 Å². The lowest BCUT2D eigenvalue weighted by molar-refractivity contribution is -0.122. The molecule has 0 aromatic carbocycles. The first-order chi connectivity index (χ1) is 5.45. The van der Waals surface area contributed by atoms with Crippen molar-refractivity contribution in [3.63, 3.8) is 0 Å². The molecule has 0 unspecified atom stereocenters. The second-order valence-electron chi connectivity index (χ2n) is 4.11. The van der Waals surface area contributed by atoms with Crippen molar-refractivity contribution in [2.75, 3.05) is 0 Å². The summed E-state index contributed by atoms with van der Waals surface area (Å²) in [5, 5.41) is 2.92. The number of carbonyl (C=O) groups is 1. The van der Waals surface area contributed by atoms with Gasteiger partial charge in [0.25, 0.3) is 0 Å². The number of amides is 1. The van der Waals surface area contributed by atoms with Crippen LogP contribution in [0.3, 0.4) is 0 Å². The molecule has 0 aromatic rings. The van der Waals surface area contributed by atoms with Crippen LogP contribution in [0.4, 0.5) is 0 Å². The molecular formula is C10H20NO. The quantitative estimate of drug-likeness (QED) is 0.644. The molecule has 2 nitrogen and oxygen atoms in total. The van der Waals surface area contributed by atoms with Gasteiger partial charge in [0.2, 0.25) is 5.91 Å². The molecule has 1 radical (unpaired) electrons. The highest BCUT2D eigenvalue weighted by atomic mass is 16.1. The van der Waals surface area contributed by atoms with Crippen LogP contribution in [0.1, 0.15) is 46.5 Å². The van der Waals surface area contributed by atoms with Gasteiger partial charge in [0.15, 0.2) is 0 Å². The third-order valence-corrected chi connectivity index (χ3v) is 1.42. The summed E-state index contributed by atoms with van der Waals surface area (Å²) in [7, 11) is 0. The molecule has 0 rings (SSSR count). The molecule has 0 saturated carbocycles. The lowest BCUT2D eigenvalue weighted by atomic mass is 10.1. The van der Waals surface area contributed by atoms with E-state index in [2.05, 4.69) is 12.2 Å². The molecule has 0 aliphatic carbocycles. The Balaban J connectivity index is 3.47. The van der Waals surface area contributed by atoms with E-state index in [9.17, 15) is 4.79 Å². The second-order valence-corrected chi connectivity index (χ2v) is 4.11. The van der Waals surface area contributed by atoms with E-state index in [1.54, 1.807) is 0 Å². The monoisotopic (exact) mass is 170 g/mol. The summed E-state index contributed by atoms with van der Waals surface area (Å²) in [6, 6.07) is 0. The fourth-order valence-corrected chi connectivity index (χ4v) is 0.943.